The van der Waals surface area contributed by atoms with Gasteiger partial charge in [-0.15, -0.1) is 0 Å². The summed E-state index contributed by atoms with van der Waals surface area (Å²) in [5, 5.41) is 4.09. The van der Waals surface area contributed by atoms with Crippen LogP contribution in [0.3, 0.4) is 0 Å². The van der Waals surface area contributed by atoms with E-state index in [4.69, 9.17) is 9.47 Å². The second-order valence-electron chi connectivity index (χ2n) is 9.58. The molecule has 178 valence electrons. The average Bonchev–Trinajstić information content (AvgIpc) is 3.39. The van der Waals surface area contributed by atoms with E-state index in [2.05, 4.69) is 34.0 Å². The molecule has 1 aliphatic carbocycles. The lowest BCUT2D eigenvalue weighted by Crippen LogP contribution is -2.24. The van der Waals surface area contributed by atoms with E-state index in [9.17, 15) is 4.79 Å². The molecule has 1 saturated carbocycles. The van der Waals surface area contributed by atoms with Gasteiger partial charge in [-0.3, -0.25) is 9.48 Å². The summed E-state index contributed by atoms with van der Waals surface area (Å²) in [7, 11) is 1.82. The second kappa shape index (κ2) is 9.87. The highest BCUT2D eigenvalue weighted by Crippen LogP contribution is 2.31. The Kier molecular flexibility index (Phi) is 6.52. The standard InChI is InChI=1S/C27H32N4O3/c1-19(13-26(32)22-15-29-30(2)16-22)21-5-7-24(8-6-21)34-25-10-12-31(17-25)23-9-11-28-27(14-23)33-18-20-3-4-20/h5-9,11,14-16,19-20,25H,3-4,10,12-13,17-18H2,1-2H3/t19-,25?/m1/s1. The van der Waals surface area contributed by atoms with Gasteiger partial charge in [0.15, 0.2) is 5.78 Å². The molecule has 0 amide bonds. The molecule has 3 heterocycles. The summed E-state index contributed by atoms with van der Waals surface area (Å²) >= 11 is 0. The quantitative estimate of drug-likeness (QED) is 0.411. The van der Waals surface area contributed by atoms with Crippen molar-refractivity contribution < 1.29 is 14.3 Å². The lowest BCUT2D eigenvalue weighted by atomic mass is 9.94. The van der Waals surface area contributed by atoms with Crippen molar-refractivity contribution in [1.29, 1.82) is 0 Å². The summed E-state index contributed by atoms with van der Waals surface area (Å²) in [6, 6.07) is 12.2. The van der Waals surface area contributed by atoms with Gasteiger partial charge in [0.1, 0.15) is 11.9 Å². The van der Waals surface area contributed by atoms with E-state index in [1.54, 1.807) is 17.1 Å². The van der Waals surface area contributed by atoms with Gasteiger partial charge >= 0.3 is 0 Å². The maximum Gasteiger partial charge on any atom is 0.215 e. The van der Waals surface area contributed by atoms with Gasteiger partial charge in [0.2, 0.25) is 5.88 Å². The summed E-state index contributed by atoms with van der Waals surface area (Å²) in [5.74, 6) is 2.53. The Balaban J connectivity index is 1.13. The molecule has 0 spiro atoms. The molecule has 1 unspecified atom stereocenters. The zero-order chi connectivity index (χ0) is 23.5. The molecule has 0 N–H and O–H groups in total. The molecule has 2 aromatic heterocycles. The number of carbonyl (C=O) groups is 1. The van der Waals surface area contributed by atoms with E-state index >= 15 is 0 Å². The topological polar surface area (TPSA) is 69.5 Å². The van der Waals surface area contributed by atoms with Crippen molar-refractivity contribution >= 4 is 11.5 Å². The molecule has 2 atom stereocenters. The SMILES string of the molecule is C[C@H](CC(=O)c1cnn(C)c1)c1ccc(OC2CCN(c3ccnc(OCC4CC4)c3)C2)cc1. The van der Waals surface area contributed by atoms with Crippen molar-refractivity contribution in [2.75, 3.05) is 24.6 Å². The Bertz CT molecular complexity index is 1120. The van der Waals surface area contributed by atoms with Gasteiger partial charge in [-0.25, -0.2) is 4.98 Å². The first-order valence-electron chi connectivity index (χ1n) is 12.2. The van der Waals surface area contributed by atoms with Crippen molar-refractivity contribution in [2.24, 2.45) is 13.0 Å². The predicted octanol–water partition coefficient (Wildman–Crippen LogP) is 4.64. The lowest BCUT2D eigenvalue weighted by Gasteiger charge is -2.20. The molecule has 0 bridgehead atoms. The molecule has 3 aromatic rings. The average molecular weight is 461 g/mol. The van der Waals surface area contributed by atoms with Crippen LogP contribution in [0.2, 0.25) is 0 Å². The third-order valence-corrected chi connectivity index (χ3v) is 6.66. The number of ether oxygens (including phenoxy) is 2. The smallest absolute Gasteiger partial charge is 0.215 e. The number of anilines is 1. The van der Waals surface area contributed by atoms with Crippen LogP contribution in [0.15, 0.2) is 55.0 Å². The van der Waals surface area contributed by atoms with Gasteiger partial charge in [-0.05, 0) is 48.4 Å². The van der Waals surface area contributed by atoms with Crippen molar-refractivity contribution in [1.82, 2.24) is 14.8 Å². The highest BCUT2D eigenvalue weighted by Gasteiger charge is 2.26. The van der Waals surface area contributed by atoms with Crippen LogP contribution < -0.4 is 14.4 Å². The number of Topliss-reactive ketones (excluding diaryl/α,β-unsaturated/α-hetero) is 1. The molecule has 1 saturated heterocycles. The number of nitrogens with zero attached hydrogens (tertiary/aromatic N) is 4. The summed E-state index contributed by atoms with van der Waals surface area (Å²) in [5.41, 5.74) is 2.93. The molecule has 1 aromatic carbocycles. The maximum atomic E-state index is 12.5. The van der Waals surface area contributed by atoms with Crippen LogP contribution in [0.5, 0.6) is 11.6 Å². The Labute approximate surface area is 200 Å². The third-order valence-electron chi connectivity index (χ3n) is 6.66. The normalized spacial score (nSPS) is 18.6. The number of benzene rings is 1. The Morgan fingerprint density at radius 3 is 2.74 bits per heavy atom. The van der Waals surface area contributed by atoms with Crippen LogP contribution in [-0.4, -0.2) is 46.3 Å². The first kappa shape index (κ1) is 22.4. The number of hydrogen-bond donors (Lipinski definition) is 0. The van der Waals surface area contributed by atoms with Crippen LogP contribution >= 0.6 is 0 Å². The Morgan fingerprint density at radius 2 is 2.00 bits per heavy atom. The minimum Gasteiger partial charge on any atom is -0.489 e. The summed E-state index contributed by atoms with van der Waals surface area (Å²) in [4.78, 5) is 19.2. The van der Waals surface area contributed by atoms with Gasteiger partial charge in [0.25, 0.3) is 0 Å². The number of carbonyl (C=O) groups excluding carboxylic acids is 1. The summed E-state index contributed by atoms with van der Waals surface area (Å²) in [6.07, 6.45) is 9.34. The minimum atomic E-state index is 0.115. The van der Waals surface area contributed by atoms with Gasteiger partial charge in [0, 0.05) is 50.6 Å². The number of ketones is 1. The van der Waals surface area contributed by atoms with Gasteiger partial charge in [-0.1, -0.05) is 19.1 Å². The van der Waals surface area contributed by atoms with Crippen molar-refractivity contribution in [3.05, 3.63) is 66.1 Å². The number of hydrogen-bond acceptors (Lipinski definition) is 6. The van der Waals surface area contributed by atoms with Crippen molar-refractivity contribution in [2.45, 2.75) is 44.6 Å². The van der Waals surface area contributed by atoms with Gasteiger partial charge in [0.05, 0.1) is 24.9 Å². The van der Waals surface area contributed by atoms with E-state index in [-0.39, 0.29) is 17.8 Å². The fraction of sp³-hybridized carbons (Fsp3) is 0.444. The maximum absolute atomic E-state index is 12.5. The Hall–Kier alpha value is -3.35. The molecule has 1 aliphatic heterocycles. The second-order valence-corrected chi connectivity index (χ2v) is 9.58. The van der Waals surface area contributed by atoms with E-state index in [0.29, 0.717) is 23.8 Å². The monoisotopic (exact) mass is 460 g/mol. The van der Waals surface area contributed by atoms with Crippen LogP contribution in [0.1, 0.15) is 54.4 Å². The molecular weight excluding hydrogens is 428 g/mol. The van der Waals surface area contributed by atoms with Gasteiger partial charge in [-0.2, -0.15) is 5.10 Å². The Morgan fingerprint density at radius 1 is 1.18 bits per heavy atom. The number of rotatable bonds is 10. The molecule has 7 nitrogen and oxygen atoms in total. The number of pyridine rings is 1. The molecular formula is C27H32N4O3. The zero-order valence-electron chi connectivity index (χ0n) is 19.9. The summed E-state index contributed by atoms with van der Waals surface area (Å²) < 4.78 is 13.8. The van der Waals surface area contributed by atoms with E-state index in [0.717, 1.165) is 43.1 Å². The van der Waals surface area contributed by atoms with Crippen molar-refractivity contribution in [3.63, 3.8) is 0 Å². The molecule has 34 heavy (non-hydrogen) atoms. The van der Waals surface area contributed by atoms with Crippen LogP contribution in [0.25, 0.3) is 0 Å². The van der Waals surface area contributed by atoms with Gasteiger partial charge < -0.3 is 14.4 Å². The van der Waals surface area contributed by atoms with Crippen LogP contribution in [0.4, 0.5) is 5.69 Å². The zero-order valence-corrected chi connectivity index (χ0v) is 19.9. The van der Waals surface area contributed by atoms with E-state index in [1.807, 2.05) is 37.5 Å². The van der Waals surface area contributed by atoms with Crippen LogP contribution in [-0.2, 0) is 7.05 Å². The first-order valence-corrected chi connectivity index (χ1v) is 12.2. The van der Waals surface area contributed by atoms with E-state index < -0.39 is 0 Å². The molecule has 0 radical (unpaired) electrons. The molecule has 7 heteroatoms. The van der Waals surface area contributed by atoms with Crippen molar-refractivity contribution in [3.8, 4) is 11.6 Å². The highest BCUT2D eigenvalue weighted by molar-refractivity contribution is 5.96. The lowest BCUT2D eigenvalue weighted by molar-refractivity contribution is 0.0975. The number of aryl methyl sites for hydroxylation is 1. The van der Waals surface area contributed by atoms with Crippen LogP contribution in [0, 0.1) is 5.92 Å². The summed E-state index contributed by atoms with van der Waals surface area (Å²) in [6.45, 7) is 4.64. The van der Waals surface area contributed by atoms with E-state index in [1.165, 1.54) is 12.8 Å². The molecule has 2 aliphatic rings. The minimum absolute atomic E-state index is 0.115. The largest absolute Gasteiger partial charge is 0.489 e. The highest BCUT2D eigenvalue weighted by atomic mass is 16.5. The predicted molar refractivity (Wildman–Crippen MR) is 131 cm³/mol. The molecule has 2 fully saturated rings. The third kappa shape index (κ3) is 5.58. The fourth-order valence-electron chi connectivity index (χ4n) is 4.37. The first-order chi connectivity index (χ1) is 16.5. The molecule has 5 rings (SSSR count). The fourth-order valence-corrected chi connectivity index (χ4v) is 4.37. The number of aromatic nitrogens is 3.